The van der Waals surface area contributed by atoms with Crippen molar-refractivity contribution in [2.45, 2.75) is 32.0 Å². The standard InChI is InChI=1S/C19H24N2O3S/c1-23-16-7-8-18(24-2)14(10-16)12-21(15-5-6-15)13-19(22)20-11-17-4-3-9-25-17/h3-4,7-10,15H,5-6,11-13H2,1-2H3,(H,20,22). The van der Waals surface area contributed by atoms with Crippen LogP contribution in [0.1, 0.15) is 23.3 Å². The van der Waals surface area contributed by atoms with Gasteiger partial charge in [-0.1, -0.05) is 6.07 Å². The lowest BCUT2D eigenvalue weighted by Crippen LogP contribution is -2.37. The summed E-state index contributed by atoms with van der Waals surface area (Å²) in [7, 11) is 3.32. The molecule has 0 saturated heterocycles. The summed E-state index contributed by atoms with van der Waals surface area (Å²) in [6.07, 6.45) is 2.29. The van der Waals surface area contributed by atoms with Crippen molar-refractivity contribution in [1.29, 1.82) is 0 Å². The highest BCUT2D eigenvalue weighted by Crippen LogP contribution is 2.31. The molecule has 6 heteroatoms. The van der Waals surface area contributed by atoms with Crippen molar-refractivity contribution >= 4 is 17.2 Å². The maximum atomic E-state index is 12.3. The van der Waals surface area contributed by atoms with E-state index in [9.17, 15) is 4.79 Å². The SMILES string of the molecule is COc1ccc(OC)c(CN(CC(=O)NCc2cccs2)C2CC2)c1. The van der Waals surface area contributed by atoms with Crippen molar-refractivity contribution in [2.75, 3.05) is 20.8 Å². The van der Waals surface area contributed by atoms with Gasteiger partial charge in [-0.15, -0.1) is 11.3 Å². The number of hydrogen-bond acceptors (Lipinski definition) is 5. The van der Waals surface area contributed by atoms with Crippen molar-refractivity contribution in [3.63, 3.8) is 0 Å². The Morgan fingerprint density at radius 1 is 1.28 bits per heavy atom. The molecule has 0 bridgehead atoms. The predicted molar refractivity (Wildman–Crippen MR) is 99.1 cm³/mol. The van der Waals surface area contributed by atoms with Crippen LogP contribution in [0, 0.1) is 0 Å². The Morgan fingerprint density at radius 3 is 2.76 bits per heavy atom. The fraction of sp³-hybridized carbons (Fsp3) is 0.421. The monoisotopic (exact) mass is 360 g/mol. The molecule has 0 unspecified atom stereocenters. The Balaban J connectivity index is 1.62. The Labute approximate surface area is 152 Å². The highest BCUT2D eigenvalue weighted by atomic mass is 32.1. The number of carbonyl (C=O) groups excluding carboxylic acids is 1. The molecule has 1 aromatic heterocycles. The number of ether oxygens (including phenoxy) is 2. The molecule has 25 heavy (non-hydrogen) atoms. The first kappa shape index (κ1) is 17.8. The van der Waals surface area contributed by atoms with Gasteiger partial charge in [-0.25, -0.2) is 0 Å². The van der Waals surface area contributed by atoms with Crippen LogP contribution in [0.4, 0.5) is 0 Å². The average Bonchev–Trinajstić information content (AvgIpc) is 3.35. The van der Waals surface area contributed by atoms with Crippen LogP contribution in [0.3, 0.4) is 0 Å². The van der Waals surface area contributed by atoms with E-state index in [4.69, 9.17) is 9.47 Å². The zero-order chi connectivity index (χ0) is 17.6. The van der Waals surface area contributed by atoms with E-state index in [1.54, 1.807) is 25.6 Å². The fourth-order valence-corrected chi connectivity index (χ4v) is 3.46. The molecule has 0 spiro atoms. The fourth-order valence-electron chi connectivity index (χ4n) is 2.82. The predicted octanol–water partition coefficient (Wildman–Crippen LogP) is 3.05. The molecule has 0 aliphatic heterocycles. The quantitative estimate of drug-likeness (QED) is 0.747. The van der Waals surface area contributed by atoms with Gasteiger partial charge < -0.3 is 14.8 Å². The minimum absolute atomic E-state index is 0.0576. The van der Waals surface area contributed by atoms with Crippen molar-refractivity contribution in [2.24, 2.45) is 0 Å². The lowest BCUT2D eigenvalue weighted by Gasteiger charge is -2.23. The minimum Gasteiger partial charge on any atom is -0.497 e. The van der Waals surface area contributed by atoms with E-state index in [0.29, 0.717) is 25.7 Å². The molecule has 1 aliphatic rings. The van der Waals surface area contributed by atoms with Crippen LogP contribution in [0.25, 0.3) is 0 Å². The number of nitrogens with zero attached hydrogens (tertiary/aromatic N) is 1. The van der Waals surface area contributed by atoms with E-state index in [-0.39, 0.29) is 5.91 Å². The van der Waals surface area contributed by atoms with E-state index in [0.717, 1.165) is 29.9 Å². The molecule has 1 saturated carbocycles. The van der Waals surface area contributed by atoms with Gasteiger partial charge in [0.1, 0.15) is 11.5 Å². The highest BCUT2D eigenvalue weighted by molar-refractivity contribution is 7.09. The third-order valence-electron chi connectivity index (χ3n) is 4.31. The first-order valence-electron chi connectivity index (χ1n) is 8.43. The Hall–Kier alpha value is -2.05. The van der Waals surface area contributed by atoms with E-state index in [2.05, 4.69) is 10.2 Å². The van der Waals surface area contributed by atoms with Crippen LogP contribution in [-0.4, -0.2) is 37.6 Å². The summed E-state index contributed by atoms with van der Waals surface area (Å²) in [5.41, 5.74) is 1.04. The van der Waals surface area contributed by atoms with Crippen LogP contribution >= 0.6 is 11.3 Å². The Bertz CT molecular complexity index is 699. The highest BCUT2D eigenvalue weighted by Gasteiger charge is 2.31. The second kappa shape index (κ2) is 8.36. The molecule has 5 nitrogen and oxygen atoms in total. The van der Waals surface area contributed by atoms with Crippen LogP contribution in [0.2, 0.25) is 0 Å². The topological polar surface area (TPSA) is 50.8 Å². The number of thiophene rings is 1. The van der Waals surface area contributed by atoms with Gasteiger partial charge in [0.25, 0.3) is 0 Å². The summed E-state index contributed by atoms with van der Waals surface area (Å²) in [4.78, 5) is 15.7. The molecule has 1 amide bonds. The van der Waals surface area contributed by atoms with Crippen LogP contribution in [-0.2, 0) is 17.9 Å². The summed E-state index contributed by atoms with van der Waals surface area (Å²) >= 11 is 1.66. The first-order valence-corrected chi connectivity index (χ1v) is 9.31. The lowest BCUT2D eigenvalue weighted by molar-refractivity contribution is -0.122. The zero-order valence-electron chi connectivity index (χ0n) is 14.7. The second-order valence-electron chi connectivity index (χ2n) is 6.17. The van der Waals surface area contributed by atoms with Gasteiger partial charge >= 0.3 is 0 Å². The molecule has 0 radical (unpaired) electrons. The number of hydrogen-bond donors (Lipinski definition) is 1. The van der Waals surface area contributed by atoms with E-state index < -0.39 is 0 Å². The molecule has 0 atom stereocenters. The summed E-state index contributed by atoms with van der Waals surface area (Å²) in [6, 6.07) is 10.3. The molecule has 3 rings (SSSR count). The number of methoxy groups -OCH3 is 2. The third kappa shape index (κ3) is 4.96. The van der Waals surface area contributed by atoms with Gasteiger partial charge in [0.15, 0.2) is 0 Å². The summed E-state index contributed by atoms with van der Waals surface area (Å²) in [6.45, 7) is 1.67. The Morgan fingerprint density at radius 2 is 2.12 bits per heavy atom. The van der Waals surface area contributed by atoms with Gasteiger partial charge in [-0.05, 0) is 42.5 Å². The van der Waals surface area contributed by atoms with Gasteiger partial charge in [0.05, 0.1) is 27.3 Å². The molecular weight excluding hydrogens is 336 g/mol. The lowest BCUT2D eigenvalue weighted by atomic mass is 10.1. The van der Waals surface area contributed by atoms with Gasteiger partial charge in [-0.2, -0.15) is 0 Å². The number of rotatable bonds is 9. The molecule has 1 aromatic carbocycles. The van der Waals surface area contributed by atoms with E-state index >= 15 is 0 Å². The molecule has 2 aromatic rings. The minimum atomic E-state index is 0.0576. The molecule has 1 heterocycles. The smallest absolute Gasteiger partial charge is 0.234 e. The number of nitrogens with one attached hydrogen (secondary N) is 1. The maximum Gasteiger partial charge on any atom is 0.234 e. The molecule has 1 aliphatic carbocycles. The average molecular weight is 360 g/mol. The van der Waals surface area contributed by atoms with E-state index in [1.165, 1.54) is 4.88 Å². The van der Waals surface area contributed by atoms with Gasteiger partial charge in [0, 0.05) is 23.0 Å². The number of carbonyl (C=O) groups is 1. The summed E-state index contributed by atoms with van der Waals surface area (Å²) in [5, 5.41) is 5.03. The normalized spacial score (nSPS) is 13.7. The number of amides is 1. The van der Waals surface area contributed by atoms with Crippen molar-refractivity contribution < 1.29 is 14.3 Å². The Kier molecular flexibility index (Phi) is 5.94. The first-order chi connectivity index (χ1) is 12.2. The summed E-state index contributed by atoms with van der Waals surface area (Å²) < 4.78 is 10.8. The van der Waals surface area contributed by atoms with Gasteiger partial charge in [-0.3, -0.25) is 9.69 Å². The van der Waals surface area contributed by atoms with Crippen molar-refractivity contribution in [3.8, 4) is 11.5 Å². The zero-order valence-corrected chi connectivity index (χ0v) is 15.5. The second-order valence-corrected chi connectivity index (χ2v) is 7.20. The maximum absolute atomic E-state index is 12.3. The summed E-state index contributed by atoms with van der Waals surface area (Å²) in [5.74, 6) is 1.68. The largest absolute Gasteiger partial charge is 0.497 e. The molecule has 1 fully saturated rings. The van der Waals surface area contributed by atoms with Crippen LogP contribution < -0.4 is 14.8 Å². The third-order valence-corrected chi connectivity index (χ3v) is 5.19. The van der Waals surface area contributed by atoms with Crippen LogP contribution in [0.15, 0.2) is 35.7 Å². The van der Waals surface area contributed by atoms with Crippen molar-refractivity contribution in [1.82, 2.24) is 10.2 Å². The molecule has 1 N–H and O–H groups in total. The number of benzene rings is 1. The van der Waals surface area contributed by atoms with Crippen molar-refractivity contribution in [3.05, 3.63) is 46.2 Å². The van der Waals surface area contributed by atoms with Crippen LogP contribution in [0.5, 0.6) is 11.5 Å². The van der Waals surface area contributed by atoms with Gasteiger partial charge in [0.2, 0.25) is 5.91 Å². The molecular formula is C19H24N2O3S. The van der Waals surface area contributed by atoms with E-state index in [1.807, 2.05) is 35.7 Å². The molecule has 134 valence electrons.